The fraction of sp³-hybridized carbons (Fsp3) is 0.304. The Balaban J connectivity index is 1.11. The van der Waals surface area contributed by atoms with Gasteiger partial charge in [0.1, 0.15) is 0 Å². The van der Waals surface area contributed by atoms with Crippen molar-refractivity contribution in [3.05, 3.63) is 191 Å². The molecule has 0 bridgehead atoms. The summed E-state index contributed by atoms with van der Waals surface area (Å²) in [6.07, 6.45) is 4.70. The third-order valence-corrected chi connectivity index (χ3v) is 19.2. The van der Waals surface area contributed by atoms with Crippen LogP contribution in [0.25, 0.3) is 20.2 Å². The first-order valence-electron chi connectivity index (χ1n) is 27.3. The van der Waals surface area contributed by atoms with Crippen LogP contribution in [0.15, 0.2) is 158 Å². The first-order chi connectivity index (χ1) is 35.2. The molecule has 5 heteroatoms. The summed E-state index contributed by atoms with van der Waals surface area (Å²) in [5.74, 6) is 0. The van der Waals surface area contributed by atoms with Crippen LogP contribution < -0.4 is 31.1 Å². The normalized spacial score (nSPS) is 17.6. The largest absolute Gasteiger partial charge is 0.311 e. The van der Waals surface area contributed by atoms with Crippen LogP contribution in [0.2, 0.25) is 0 Å². The Labute approximate surface area is 445 Å². The van der Waals surface area contributed by atoms with E-state index in [1.165, 1.54) is 123 Å². The van der Waals surface area contributed by atoms with Gasteiger partial charge in [0.05, 0.1) is 0 Å². The second-order valence-corrected chi connectivity index (χ2v) is 27.1. The highest BCUT2D eigenvalue weighted by Crippen LogP contribution is 2.53. The van der Waals surface area contributed by atoms with Gasteiger partial charge in [0, 0.05) is 71.4 Å². The molecule has 3 nitrogen and oxygen atoms in total. The molecular formula is C69H70BN3S. The van der Waals surface area contributed by atoms with E-state index in [1.54, 1.807) is 0 Å². The summed E-state index contributed by atoms with van der Waals surface area (Å²) >= 11 is 1.93. The van der Waals surface area contributed by atoms with Crippen LogP contribution in [0.4, 0.5) is 51.2 Å². The zero-order valence-electron chi connectivity index (χ0n) is 45.7. The molecular weight excluding hydrogens is 914 g/mol. The number of benzene rings is 8. The van der Waals surface area contributed by atoms with E-state index in [1.807, 2.05) is 11.3 Å². The highest BCUT2D eigenvalue weighted by molar-refractivity contribution is 7.25. The van der Waals surface area contributed by atoms with Crippen LogP contribution in [0.1, 0.15) is 135 Å². The van der Waals surface area contributed by atoms with Crippen molar-refractivity contribution in [1.82, 2.24) is 0 Å². The van der Waals surface area contributed by atoms with E-state index in [0.717, 1.165) is 23.5 Å². The number of anilines is 9. The Hall–Kier alpha value is -6.56. The van der Waals surface area contributed by atoms with Gasteiger partial charge in [-0.3, -0.25) is 0 Å². The van der Waals surface area contributed by atoms with E-state index in [4.69, 9.17) is 0 Å². The van der Waals surface area contributed by atoms with Gasteiger partial charge < -0.3 is 14.7 Å². The van der Waals surface area contributed by atoms with Crippen LogP contribution in [0, 0.1) is 6.92 Å². The topological polar surface area (TPSA) is 9.72 Å². The number of fused-ring (bicyclic) bond motifs is 9. The number of nitrogens with zero attached hydrogens (tertiary/aromatic N) is 3. The highest BCUT2D eigenvalue weighted by atomic mass is 32.1. The lowest BCUT2D eigenvalue weighted by Gasteiger charge is -2.48. The smallest absolute Gasteiger partial charge is 0.252 e. The lowest BCUT2D eigenvalue weighted by Crippen LogP contribution is -2.62. The number of hydrogen-bond donors (Lipinski definition) is 0. The molecule has 2 aliphatic carbocycles. The third kappa shape index (κ3) is 7.26. The van der Waals surface area contributed by atoms with Crippen LogP contribution in [0.3, 0.4) is 0 Å². The maximum atomic E-state index is 2.69. The molecule has 0 spiro atoms. The average molecular weight is 984 g/mol. The van der Waals surface area contributed by atoms with Crippen molar-refractivity contribution in [1.29, 1.82) is 0 Å². The zero-order valence-corrected chi connectivity index (χ0v) is 46.5. The number of thiophene rings is 1. The van der Waals surface area contributed by atoms with Gasteiger partial charge in [0.25, 0.3) is 6.71 Å². The van der Waals surface area contributed by atoms with Crippen LogP contribution in [-0.2, 0) is 27.1 Å². The van der Waals surface area contributed by atoms with E-state index in [9.17, 15) is 0 Å². The van der Waals surface area contributed by atoms with Crippen LogP contribution in [-0.4, -0.2) is 6.71 Å². The summed E-state index contributed by atoms with van der Waals surface area (Å²) in [5.41, 5.74) is 24.0. The molecule has 0 N–H and O–H groups in total. The summed E-state index contributed by atoms with van der Waals surface area (Å²) in [7, 11) is 0. The molecule has 74 heavy (non-hydrogen) atoms. The van der Waals surface area contributed by atoms with Gasteiger partial charge >= 0.3 is 0 Å². The standard InChI is InChI=1S/C69H70BN3S/c1-43-35-60-64-61(36-43)73(49-24-28-51-50-27-23-44(65(2,3)4)37-62(50)74-63(51)40-49)58-39-48(71(45-19-15-13-16-20-45)46-21-17-14-18-22-46)26-30-56(58)70(64)57-41-54-55(69(11,12)34-33-68(54,9)10)42-59(57)72(60)47-25-29-52-53(38-47)67(7,8)32-31-66(52,5)6/h13-30,35-42H,31-34H2,1-12H3. The minimum absolute atomic E-state index is 0.00272. The summed E-state index contributed by atoms with van der Waals surface area (Å²) in [6.45, 7) is 29.0. The van der Waals surface area contributed by atoms with Gasteiger partial charge in [0.15, 0.2) is 0 Å². The zero-order chi connectivity index (χ0) is 51.4. The van der Waals surface area contributed by atoms with Gasteiger partial charge in [-0.2, -0.15) is 0 Å². The highest BCUT2D eigenvalue weighted by Gasteiger charge is 2.47. The van der Waals surface area contributed by atoms with E-state index in [0.29, 0.717) is 0 Å². The molecule has 0 atom stereocenters. The van der Waals surface area contributed by atoms with E-state index < -0.39 is 0 Å². The van der Waals surface area contributed by atoms with Crippen molar-refractivity contribution in [3.63, 3.8) is 0 Å². The quantitative estimate of drug-likeness (QED) is 0.159. The fourth-order valence-corrected chi connectivity index (χ4v) is 14.7. The molecule has 0 saturated heterocycles. The molecule has 3 heterocycles. The van der Waals surface area contributed by atoms with Gasteiger partial charge in [-0.15, -0.1) is 11.3 Å². The molecule has 4 aliphatic rings. The molecule has 0 fully saturated rings. The molecule has 8 aromatic carbocycles. The maximum absolute atomic E-state index is 2.69. The summed E-state index contributed by atoms with van der Waals surface area (Å²) in [5, 5.41) is 2.65. The summed E-state index contributed by atoms with van der Waals surface area (Å²) in [4.78, 5) is 7.75. The monoisotopic (exact) mass is 984 g/mol. The Bertz CT molecular complexity index is 3720. The van der Waals surface area contributed by atoms with Crippen molar-refractivity contribution in [2.75, 3.05) is 14.7 Å². The average Bonchev–Trinajstić information content (AvgIpc) is 3.74. The van der Waals surface area contributed by atoms with Gasteiger partial charge in [-0.05, 0) is 194 Å². The molecule has 0 unspecified atom stereocenters. The van der Waals surface area contributed by atoms with E-state index in [2.05, 4.69) is 256 Å². The van der Waals surface area contributed by atoms with Crippen molar-refractivity contribution < 1.29 is 0 Å². The van der Waals surface area contributed by atoms with Gasteiger partial charge in [-0.1, -0.05) is 149 Å². The fourth-order valence-electron chi connectivity index (χ4n) is 13.6. The first kappa shape index (κ1) is 47.2. The van der Waals surface area contributed by atoms with Crippen LogP contribution >= 0.6 is 11.3 Å². The molecule has 0 saturated carbocycles. The van der Waals surface area contributed by atoms with Crippen LogP contribution in [0.5, 0.6) is 0 Å². The molecule has 2 aliphatic heterocycles. The predicted octanol–water partition coefficient (Wildman–Crippen LogP) is 17.9. The second-order valence-electron chi connectivity index (χ2n) is 26.0. The number of rotatable bonds is 5. The molecule has 0 radical (unpaired) electrons. The van der Waals surface area contributed by atoms with Crippen molar-refractivity contribution in [3.8, 4) is 0 Å². The third-order valence-electron chi connectivity index (χ3n) is 18.1. The van der Waals surface area contributed by atoms with Crippen molar-refractivity contribution in [2.24, 2.45) is 0 Å². The molecule has 13 rings (SSSR count). The van der Waals surface area contributed by atoms with E-state index in [-0.39, 0.29) is 33.8 Å². The van der Waals surface area contributed by atoms with Crippen molar-refractivity contribution in [2.45, 2.75) is 136 Å². The lowest BCUT2D eigenvalue weighted by molar-refractivity contribution is 0.332. The maximum Gasteiger partial charge on any atom is 0.252 e. The Kier molecular flexibility index (Phi) is 10.3. The van der Waals surface area contributed by atoms with Crippen molar-refractivity contribution >= 4 is 106 Å². The van der Waals surface area contributed by atoms with E-state index >= 15 is 0 Å². The SMILES string of the molecule is Cc1cc2c3c(c1)N(c1ccc4c(c1)C(C)(C)CCC4(C)C)c1cc4c(cc1B3c1ccc(N(c3ccccc3)c3ccccc3)cc1N2c1ccc2c(c1)sc1cc(C(C)(C)C)ccc12)C(C)(C)CCC4(C)C. The molecule has 1 aromatic heterocycles. The minimum Gasteiger partial charge on any atom is -0.311 e. The van der Waals surface area contributed by atoms with Gasteiger partial charge in [-0.25, -0.2) is 0 Å². The number of para-hydroxylation sites is 2. The Morgan fingerprint density at radius 1 is 0.446 bits per heavy atom. The number of aryl methyl sites for hydroxylation is 1. The minimum atomic E-state index is -0.00272. The Morgan fingerprint density at radius 3 is 1.54 bits per heavy atom. The lowest BCUT2D eigenvalue weighted by atomic mass is 9.33. The number of hydrogen-bond acceptors (Lipinski definition) is 4. The molecule has 370 valence electrons. The summed E-state index contributed by atoms with van der Waals surface area (Å²) in [6, 6.07) is 61.4. The Morgan fingerprint density at radius 2 is 0.946 bits per heavy atom. The second kappa shape index (κ2) is 16.2. The molecule has 9 aromatic rings. The first-order valence-corrected chi connectivity index (χ1v) is 28.1. The molecule has 0 amide bonds. The predicted molar refractivity (Wildman–Crippen MR) is 322 cm³/mol. The van der Waals surface area contributed by atoms with Gasteiger partial charge in [0.2, 0.25) is 0 Å². The summed E-state index contributed by atoms with van der Waals surface area (Å²) < 4.78 is 2.65.